The molecule has 0 unspecified atom stereocenters. The van der Waals surface area contributed by atoms with Gasteiger partial charge in [-0.3, -0.25) is 4.79 Å². The molecule has 2 heterocycles. The van der Waals surface area contributed by atoms with Gasteiger partial charge in [-0.05, 0) is 34.1 Å². The first kappa shape index (κ1) is 17.9. The van der Waals surface area contributed by atoms with Crippen molar-refractivity contribution in [2.75, 3.05) is 19.6 Å². The smallest absolute Gasteiger partial charge is 0.249 e. The maximum absolute atomic E-state index is 13.0. The number of aromatic nitrogens is 1. The molecule has 0 bridgehead atoms. The quantitative estimate of drug-likeness (QED) is 0.820. The molecule has 0 aliphatic carbocycles. The molecule has 1 aromatic rings. The fourth-order valence-corrected chi connectivity index (χ4v) is 4.98. The van der Waals surface area contributed by atoms with Crippen molar-refractivity contribution >= 4 is 15.9 Å². The van der Waals surface area contributed by atoms with Gasteiger partial charge in [-0.2, -0.15) is 4.31 Å². The average molecular weight is 344 g/mol. The summed E-state index contributed by atoms with van der Waals surface area (Å²) in [7, 11) is -3.88. The van der Waals surface area contributed by atoms with Gasteiger partial charge >= 0.3 is 0 Å². The maximum Gasteiger partial charge on any atom is 0.249 e. The van der Waals surface area contributed by atoms with E-state index in [1.807, 2.05) is 13.8 Å². The van der Waals surface area contributed by atoms with E-state index in [1.165, 1.54) is 4.31 Å². The molecule has 1 aliphatic heterocycles. The Morgan fingerprint density at radius 2 is 2.00 bits per heavy atom. The van der Waals surface area contributed by atoms with E-state index < -0.39 is 16.1 Å². The van der Waals surface area contributed by atoms with E-state index in [9.17, 15) is 13.2 Å². The topological polar surface area (TPSA) is 110 Å². The number of hydrogen-bond acceptors (Lipinski definition) is 6. The average Bonchev–Trinajstić information content (AvgIpc) is 3.03. The van der Waals surface area contributed by atoms with Crippen LogP contribution in [0.15, 0.2) is 9.42 Å². The van der Waals surface area contributed by atoms with Crippen molar-refractivity contribution in [3.05, 3.63) is 11.5 Å². The minimum atomic E-state index is -3.88. The summed E-state index contributed by atoms with van der Waals surface area (Å²) in [6.45, 7) is 8.02. The number of hydrogen-bond donors (Lipinski definition) is 1. The molecule has 1 amide bonds. The SMILES string of the molecule is CCN(CC)C(=O)[C@@H]1C[C@H](N)CN1S(=O)(=O)c1c(C)noc1C. The van der Waals surface area contributed by atoms with E-state index in [4.69, 9.17) is 10.3 Å². The molecule has 2 atom stereocenters. The van der Waals surface area contributed by atoms with Crippen LogP contribution in [0.25, 0.3) is 0 Å². The molecule has 130 valence electrons. The summed E-state index contributed by atoms with van der Waals surface area (Å²) < 4.78 is 32.2. The Kier molecular flexibility index (Phi) is 5.12. The first-order valence-corrected chi connectivity index (χ1v) is 9.17. The lowest BCUT2D eigenvalue weighted by Gasteiger charge is -2.28. The molecule has 8 nitrogen and oxygen atoms in total. The highest BCUT2D eigenvalue weighted by Gasteiger charge is 2.45. The van der Waals surface area contributed by atoms with Gasteiger partial charge in [0.1, 0.15) is 16.6 Å². The normalized spacial score (nSPS) is 22.5. The van der Waals surface area contributed by atoms with E-state index >= 15 is 0 Å². The summed E-state index contributed by atoms with van der Waals surface area (Å²) >= 11 is 0. The number of likely N-dealkylation sites (N-methyl/N-ethyl adjacent to an activating group) is 1. The van der Waals surface area contributed by atoms with Crippen LogP contribution in [-0.4, -0.2) is 60.4 Å². The third kappa shape index (κ3) is 3.13. The number of carbonyl (C=O) groups excluding carboxylic acids is 1. The molecule has 1 saturated heterocycles. The maximum atomic E-state index is 13.0. The molecule has 2 N–H and O–H groups in total. The molecule has 0 radical (unpaired) electrons. The van der Waals surface area contributed by atoms with Crippen LogP contribution in [0.4, 0.5) is 0 Å². The Labute approximate surface area is 136 Å². The predicted octanol–water partition coefficient (Wildman–Crippen LogP) is 0.250. The lowest BCUT2D eigenvalue weighted by Crippen LogP contribution is -2.47. The number of nitrogens with two attached hydrogens (primary N) is 1. The fraction of sp³-hybridized carbons (Fsp3) is 0.714. The van der Waals surface area contributed by atoms with Gasteiger partial charge in [-0.1, -0.05) is 5.16 Å². The summed E-state index contributed by atoms with van der Waals surface area (Å²) in [6.07, 6.45) is 0.317. The lowest BCUT2D eigenvalue weighted by molar-refractivity contribution is -0.134. The fourth-order valence-electron chi connectivity index (χ4n) is 3.03. The molecule has 2 rings (SSSR count). The minimum absolute atomic E-state index is 0.0314. The Bertz CT molecular complexity index is 661. The number of carbonyl (C=O) groups is 1. The van der Waals surface area contributed by atoms with Gasteiger partial charge in [0.15, 0.2) is 5.76 Å². The zero-order valence-electron chi connectivity index (χ0n) is 13.9. The first-order chi connectivity index (χ1) is 10.7. The summed E-state index contributed by atoms with van der Waals surface area (Å²) in [4.78, 5) is 14.3. The summed E-state index contributed by atoms with van der Waals surface area (Å²) in [6, 6.07) is -1.14. The molecule has 9 heteroatoms. The molecule has 1 aromatic heterocycles. The monoisotopic (exact) mass is 344 g/mol. The van der Waals surface area contributed by atoms with Gasteiger partial charge in [0.05, 0.1) is 0 Å². The Balaban J connectivity index is 2.41. The van der Waals surface area contributed by atoms with E-state index in [0.29, 0.717) is 19.5 Å². The number of aryl methyl sites for hydroxylation is 2. The molecule has 1 aliphatic rings. The predicted molar refractivity (Wildman–Crippen MR) is 84.2 cm³/mol. The summed E-state index contributed by atoms with van der Waals surface area (Å²) in [5.41, 5.74) is 6.24. The summed E-state index contributed by atoms with van der Waals surface area (Å²) in [5, 5.41) is 3.70. The van der Waals surface area contributed by atoms with Gasteiger partial charge < -0.3 is 15.2 Å². The number of amides is 1. The van der Waals surface area contributed by atoms with Crippen molar-refractivity contribution in [2.24, 2.45) is 5.73 Å². The largest absolute Gasteiger partial charge is 0.360 e. The molecule has 0 saturated carbocycles. The van der Waals surface area contributed by atoms with Gasteiger partial charge in [0.2, 0.25) is 15.9 Å². The number of nitrogens with zero attached hydrogens (tertiary/aromatic N) is 3. The van der Waals surface area contributed by atoms with Crippen LogP contribution >= 0.6 is 0 Å². The van der Waals surface area contributed by atoms with Crippen molar-refractivity contribution < 1.29 is 17.7 Å². The molecule has 0 spiro atoms. The highest BCUT2D eigenvalue weighted by atomic mass is 32.2. The highest BCUT2D eigenvalue weighted by molar-refractivity contribution is 7.89. The second-order valence-corrected chi connectivity index (χ2v) is 7.58. The molecular formula is C14H24N4O4S. The van der Waals surface area contributed by atoms with Crippen LogP contribution in [0.5, 0.6) is 0 Å². The van der Waals surface area contributed by atoms with Crippen LogP contribution in [-0.2, 0) is 14.8 Å². The molecule has 0 aromatic carbocycles. The van der Waals surface area contributed by atoms with Gasteiger partial charge in [-0.25, -0.2) is 8.42 Å². The first-order valence-electron chi connectivity index (χ1n) is 7.73. The molecule has 1 fully saturated rings. The van der Waals surface area contributed by atoms with Gasteiger partial charge in [0, 0.05) is 25.7 Å². The second kappa shape index (κ2) is 6.58. The van der Waals surface area contributed by atoms with Crippen LogP contribution in [0.2, 0.25) is 0 Å². The Morgan fingerprint density at radius 3 is 2.48 bits per heavy atom. The van der Waals surface area contributed by atoms with E-state index in [1.54, 1.807) is 18.7 Å². The number of rotatable bonds is 5. The van der Waals surface area contributed by atoms with Gasteiger partial charge in [0.25, 0.3) is 0 Å². The second-order valence-electron chi connectivity index (χ2n) is 5.75. The van der Waals surface area contributed by atoms with Crippen LogP contribution in [0.1, 0.15) is 31.7 Å². The third-order valence-electron chi connectivity index (χ3n) is 4.18. The zero-order valence-corrected chi connectivity index (χ0v) is 14.8. The van der Waals surface area contributed by atoms with Crippen LogP contribution < -0.4 is 5.73 Å². The minimum Gasteiger partial charge on any atom is -0.360 e. The van der Waals surface area contributed by atoms with Crippen molar-refractivity contribution in [3.63, 3.8) is 0 Å². The van der Waals surface area contributed by atoms with E-state index in [-0.39, 0.29) is 34.8 Å². The van der Waals surface area contributed by atoms with E-state index in [0.717, 1.165) is 0 Å². The highest BCUT2D eigenvalue weighted by Crippen LogP contribution is 2.30. The van der Waals surface area contributed by atoms with Crippen molar-refractivity contribution in [3.8, 4) is 0 Å². The zero-order chi connectivity index (χ0) is 17.4. The van der Waals surface area contributed by atoms with Crippen molar-refractivity contribution in [2.45, 2.75) is 51.1 Å². The van der Waals surface area contributed by atoms with Crippen LogP contribution in [0.3, 0.4) is 0 Å². The summed E-state index contributed by atoms with van der Waals surface area (Å²) in [5.74, 6) is 0.00953. The molecular weight excluding hydrogens is 320 g/mol. The van der Waals surface area contributed by atoms with E-state index in [2.05, 4.69) is 5.16 Å². The van der Waals surface area contributed by atoms with Gasteiger partial charge in [-0.15, -0.1) is 0 Å². The Hall–Kier alpha value is -1.45. The van der Waals surface area contributed by atoms with Crippen molar-refractivity contribution in [1.29, 1.82) is 0 Å². The Morgan fingerprint density at radius 1 is 1.39 bits per heavy atom. The number of sulfonamides is 1. The lowest BCUT2D eigenvalue weighted by atomic mass is 10.1. The third-order valence-corrected chi connectivity index (χ3v) is 6.30. The molecule has 23 heavy (non-hydrogen) atoms. The van der Waals surface area contributed by atoms with Crippen LogP contribution in [0, 0.1) is 13.8 Å². The van der Waals surface area contributed by atoms with Crippen molar-refractivity contribution in [1.82, 2.24) is 14.4 Å². The standard InChI is InChI=1S/C14H24N4O4S/c1-5-17(6-2)14(19)12-7-11(15)8-18(12)23(20,21)13-9(3)16-22-10(13)4/h11-12H,5-8,15H2,1-4H3/t11-,12-/m0/s1.